The number of hydrogen-bond acceptors (Lipinski definition) is 3. The normalized spacial score (nSPS) is 9.95. The Kier molecular flexibility index (Phi) is 4.36. The lowest BCUT2D eigenvalue weighted by molar-refractivity contribution is 0.417. The van der Waals surface area contributed by atoms with Gasteiger partial charge in [0.2, 0.25) is 0 Å². The number of nitrogens with one attached hydrogen (secondary N) is 1. The van der Waals surface area contributed by atoms with Gasteiger partial charge in [0.25, 0.3) is 0 Å². The zero-order valence-corrected chi connectivity index (χ0v) is 11.5. The van der Waals surface area contributed by atoms with Crippen LogP contribution in [0.25, 0.3) is 0 Å². The highest BCUT2D eigenvalue weighted by Gasteiger charge is 2.03. The quantitative estimate of drug-likeness (QED) is 0.662. The number of hydrogen-bond donors (Lipinski definition) is 2. The second-order valence-corrected chi connectivity index (χ2v) is 4.66. The number of rotatable bonds is 4. The van der Waals surface area contributed by atoms with Gasteiger partial charge < -0.3 is 15.8 Å². The Labute approximate surface area is 118 Å². The van der Waals surface area contributed by atoms with Gasteiger partial charge in [0, 0.05) is 18.2 Å². The van der Waals surface area contributed by atoms with Crippen LogP contribution in [0.1, 0.15) is 5.56 Å². The molecule has 19 heavy (non-hydrogen) atoms. The van der Waals surface area contributed by atoms with Crippen molar-refractivity contribution in [1.29, 1.82) is 0 Å². The summed E-state index contributed by atoms with van der Waals surface area (Å²) < 4.78 is 5.18. The van der Waals surface area contributed by atoms with E-state index in [2.05, 4.69) is 17.4 Å². The molecule has 3 N–H and O–H groups in total. The maximum absolute atomic E-state index is 5.77. The molecule has 0 aliphatic rings. The first kappa shape index (κ1) is 13.4. The van der Waals surface area contributed by atoms with Crippen LogP contribution in [0.2, 0.25) is 0 Å². The van der Waals surface area contributed by atoms with E-state index in [0.29, 0.717) is 17.9 Å². The zero-order valence-electron chi connectivity index (χ0n) is 10.7. The summed E-state index contributed by atoms with van der Waals surface area (Å²) in [7, 11) is 1.60. The van der Waals surface area contributed by atoms with Gasteiger partial charge in [0.1, 0.15) is 5.75 Å². The summed E-state index contributed by atoms with van der Waals surface area (Å²) >= 11 is 5.35. The molecular weight excluding hydrogens is 256 g/mol. The number of methoxy groups -OCH3 is 1. The standard InChI is InChI=1S/C15H16N2OS/c1-18-14-10-12(7-8-13(14)16)17-15(19)9-11-5-3-2-4-6-11/h2-8,10H,9,16H2,1H3,(H,17,19). The van der Waals surface area contributed by atoms with Crippen LogP contribution < -0.4 is 15.8 Å². The Morgan fingerprint density at radius 2 is 1.95 bits per heavy atom. The van der Waals surface area contributed by atoms with Gasteiger partial charge in [0.05, 0.1) is 17.8 Å². The molecule has 3 nitrogen and oxygen atoms in total. The highest BCUT2D eigenvalue weighted by molar-refractivity contribution is 7.80. The smallest absolute Gasteiger partial charge is 0.143 e. The minimum atomic E-state index is 0.613. The predicted octanol–water partition coefficient (Wildman–Crippen LogP) is 3.26. The van der Waals surface area contributed by atoms with E-state index in [1.54, 1.807) is 13.2 Å². The Morgan fingerprint density at radius 1 is 1.21 bits per heavy atom. The molecule has 2 rings (SSSR count). The van der Waals surface area contributed by atoms with Crippen LogP contribution in [-0.2, 0) is 6.42 Å². The number of nitrogen functional groups attached to an aromatic ring is 1. The molecule has 98 valence electrons. The maximum atomic E-state index is 5.77. The topological polar surface area (TPSA) is 47.3 Å². The lowest BCUT2D eigenvalue weighted by Crippen LogP contribution is -2.12. The molecule has 2 aromatic rings. The highest BCUT2D eigenvalue weighted by atomic mass is 32.1. The van der Waals surface area contributed by atoms with Crippen LogP contribution in [0, 0.1) is 0 Å². The molecule has 0 radical (unpaired) electrons. The van der Waals surface area contributed by atoms with Crippen molar-refractivity contribution < 1.29 is 4.74 Å². The SMILES string of the molecule is COc1cc(NC(=S)Cc2ccccc2)ccc1N. The van der Waals surface area contributed by atoms with E-state index in [1.165, 1.54) is 5.56 Å². The Bertz CT molecular complexity index is 570. The summed E-state index contributed by atoms with van der Waals surface area (Å²) in [5.41, 5.74) is 8.45. The molecule has 0 fully saturated rings. The van der Waals surface area contributed by atoms with Crippen molar-refractivity contribution >= 4 is 28.6 Å². The lowest BCUT2D eigenvalue weighted by Gasteiger charge is -2.11. The Balaban J connectivity index is 2.03. The first-order valence-electron chi connectivity index (χ1n) is 5.96. The van der Waals surface area contributed by atoms with Gasteiger partial charge in [-0.3, -0.25) is 0 Å². The van der Waals surface area contributed by atoms with E-state index in [0.717, 1.165) is 10.7 Å². The molecule has 0 atom stereocenters. The largest absolute Gasteiger partial charge is 0.495 e. The van der Waals surface area contributed by atoms with E-state index in [4.69, 9.17) is 22.7 Å². The van der Waals surface area contributed by atoms with Gasteiger partial charge in [-0.2, -0.15) is 0 Å². The van der Waals surface area contributed by atoms with Crippen molar-refractivity contribution in [3.8, 4) is 5.75 Å². The molecule has 0 aromatic heterocycles. The van der Waals surface area contributed by atoms with Gasteiger partial charge in [-0.05, 0) is 17.7 Å². The Hall–Kier alpha value is -2.07. The van der Waals surface area contributed by atoms with Gasteiger partial charge in [-0.25, -0.2) is 0 Å². The number of benzene rings is 2. The number of thiocarbonyl (C=S) groups is 1. The van der Waals surface area contributed by atoms with E-state index in [1.807, 2.05) is 30.3 Å². The highest BCUT2D eigenvalue weighted by Crippen LogP contribution is 2.25. The third-order valence-electron chi connectivity index (χ3n) is 2.72. The molecule has 2 aromatic carbocycles. The van der Waals surface area contributed by atoms with Gasteiger partial charge >= 0.3 is 0 Å². The van der Waals surface area contributed by atoms with Crippen molar-refractivity contribution in [2.24, 2.45) is 0 Å². The number of nitrogens with two attached hydrogens (primary N) is 1. The van der Waals surface area contributed by atoms with Crippen LogP contribution in [0.5, 0.6) is 5.75 Å². The number of anilines is 2. The average molecular weight is 272 g/mol. The van der Waals surface area contributed by atoms with E-state index < -0.39 is 0 Å². The lowest BCUT2D eigenvalue weighted by atomic mass is 10.1. The molecule has 0 bridgehead atoms. The fourth-order valence-electron chi connectivity index (χ4n) is 1.78. The second-order valence-electron chi connectivity index (χ2n) is 4.17. The van der Waals surface area contributed by atoms with Gasteiger partial charge in [-0.15, -0.1) is 0 Å². The fourth-order valence-corrected chi connectivity index (χ4v) is 2.06. The summed E-state index contributed by atoms with van der Waals surface area (Å²) in [4.78, 5) is 0.762. The average Bonchev–Trinajstić information content (AvgIpc) is 2.42. The molecule has 0 saturated heterocycles. The maximum Gasteiger partial charge on any atom is 0.143 e. The predicted molar refractivity (Wildman–Crippen MR) is 83.8 cm³/mol. The summed E-state index contributed by atoms with van der Waals surface area (Å²) in [6, 6.07) is 15.6. The summed E-state index contributed by atoms with van der Waals surface area (Å²) in [5, 5.41) is 3.19. The molecular formula is C15H16N2OS. The van der Waals surface area contributed by atoms with E-state index in [-0.39, 0.29) is 0 Å². The van der Waals surface area contributed by atoms with Crippen molar-refractivity contribution in [3.63, 3.8) is 0 Å². The fraction of sp³-hybridized carbons (Fsp3) is 0.133. The molecule has 0 aliphatic carbocycles. The molecule has 0 unspecified atom stereocenters. The second kappa shape index (κ2) is 6.20. The minimum absolute atomic E-state index is 0.613. The summed E-state index contributed by atoms with van der Waals surface area (Å²) in [6.07, 6.45) is 0.711. The van der Waals surface area contributed by atoms with Crippen LogP contribution in [-0.4, -0.2) is 12.1 Å². The van der Waals surface area contributed by atoms with E-state index >= 15 is 0 Å². The molecule has 4 heteroatoms. The third-order valence-corrected chi connectivity index (χ3v) is 2.97. The van der Waals surface area contributed by atoms with Gasteiger partial charge in [-0.1, -0.05) is 42.5 Å². The zero-order chi connectivity index (χ0) is 13.7. The Morgan fingerprint density at radius 3 is 2.63 bits per heavy atom. The monoisotopic (exact) mass is 272 g/mol. The molecule has 0 spiro atoms. The molecule has 0 aliphatic heterocycles. The van der Waals surface area contributed by atoms with Crippen LogP contribution >= 0.6 is 12.2 Å². The molecule has 0 heterocycles. The van der Waals surface area contributed by atoms with Crippen molar-refractivity contribution in [3.05, 3.63) is 54.1 Å². The van der Waals surface area contributed by atoms with Crippen LogP contribution in [0.3, 0.4) is 0 Å². The van der Waals surface area contributed by atoms with Crippen LogP contribution in [0.15, 0.2) is 48.5 Å². The van der Waals surface area contributed by atoms with Crippen molar-refractivity contribution in [1.82, 2.24) is 0 Å². The third kappa shape index (κ3) is 3.69. The minimum Gasteiger partial charge on any atom is -0.495 e. The molecule has 0 saturated carbocycles. The first-order valence-corrected chi connectivity index (χ1v) is 6.37. The molecule has 0 amide bonds. The first-order chi connectivity index (χ1) is 9.19. The number of ether oxygens (including phenoxy) is 1. The van der Waals surface area contributed by atoms with E-state index in [9.17, 15) is 0 Å². The van der Waals surface area contributed by atoms with Gasteiger partial charge in [0.15, 0.2) is 0 Å². The van der Waals surface area contributed by atoms with Crippen molar-refractivity contribution in [2.75, 3.05) is 18.2 Å². The van der Waals surface area contributed by atoms with Crippen molar-refractivity contribution in [2.45, 2.75) is 6.42 Å². The van der Waals surface area contributed by atoms with Crippen LogP contribution in [0.4, 0.5) is 11.4 Å². The summed E-state index contributed by atoms with van der Waals surface area (Å²) in [6.45, 7) is 0. The summed E-state index contributed by atoms with van der Waals surface area (Å²) in [5.74, 6) is 0.646.